The van der Waals surface area contributed by atoms with Crippen LogP contribution in [0, 0.1) is 6.92 Å². The fourth-order valence-electron chi connectivity index (χ4n) is 3.46. The molecule has 174 valence electrons. The van der Waals surface area contributed by atoms with E-state index in [1.54, 1.807) is 19.1 Å². The Kier molecular flexibility index (Phi) is 7.12. The molecule has 2 aromatic carbocycles. The first-order valence-electron chi connectivity index (χ1n) is 10.2. The van der Waals surface area contributed by atoms with Crippen molar-refractivity contribution in [1.82, 2.24) is 5.32 Å². The second-order valence-electron chi connectivity index (χ2n) is 7.55. The van der Waals surface area contributed by atoms with Gasteiger partial charge in [0, 0.05) is 19.0 Å². The summed E-state index contributed by atoms with van der Waals surface area (Å²) in [5.41, 5.74) is 0.581. The average molecular weight is 455 g/mol. The topological polar surface area (TPSA) is 149 Å². The highest BCUT2D eigenvalue weighted by atomic mass is 16.5. The zero-order valence-corrected chi connectivity index (χ0v) is 18.2. The SMILES string of the molecule is COc1cc([C@H](CC(=O)NCCc2ccc(O)c(O)c2)c2oc(C)cc(=O)c2O)ccc1O. The van der Waals surface area contributed by atoms with E-state index >= 15 is 0 Å². The summed E-state index contributed by atoms with van der Waals surface area (Å²) in [6.07, 6.45) is 0.247. The van der Waals surface area contributed by atoms with Crippen molar-refractivity contribution in [3.63, 3.8) is 0 Å². The highest BCUT2D eigenvalue weighted by Gasteiger charge is 2.26. The Morgan fingerprint density at radius 1 is 1.03 bits per heavy atom. The van der Waals surface area contributed by atoms with E-state index in [0.29, 0.717) is 17.5 Å². The van der Waals surface area contributed by atoms with Gasteiger partial charge in [-0.1, -0.05) is 12.1 Å². The predicted octanol–water partition coefficient (Wildman–Crippen LogP) is 2.66. The summed E-state index contributed by atoms with van der Waals surface area (Å²) < 4.78 is 10.8. The zero-order valence-electron chi connectivity index (χ0n) is 18.2. The van der Waals surface area contributed by atoms with Gasteiger partial charge in [0.25, 0.3) is 0 Å². The first-order valence-corrected chi connectivity index (χ1v) is 10.2. The first-order chi connectivity index (χ1) is 15.7. The van der Waals surface area contributed by atoms with Crippen LogP contribution in [0.3, 0.4) is 0 Å². The molecule has 1 aromatic heterocycles. The van der Waals surface area contributed by atoms with Gasteiger partial charge in [-0.3, -0.25) is 9.59 Å². The third-order valence-corrected chi connectivity index (χ3v) is 5.16. The predicted molar refractivity (Wildman–Crippen MR) is 119 cm³/mol. The molecule has 1 amide bonds. The molecule has 1 atom stereocenters. The van der Waals surface area contributed by atoms with E-state index in [1.165, 1.54) is 31.4 Å². The van der Waals surface area contributed by atoms with Crippen LogP contribution in [0.4, 0.5) is 0 Å². The lowest BCUT2D eigenvalue weighted by atomic mass is 9.91. The Balaban J connectivity index is 1.83. The standard InChI is InChI=1S/C24H25NO8/c1-13-9-20(29)23(31)24(33-13)16(15-4-6-18(27)21(11-15)32-2)12-22(30)25-8-7-14-3-5-17(26)19(28)10-14/h3-6,9-11,16,26-28,31H,7-8,12H2,1-2H3,(H,25,30)/t16-/m0/s1. The molecule has 0 bridgehead atoms. The number of hydrogen-bond acceptors (Lipinski definition) is 8. The molecule has 33 heavy (non-hydrogen) atoms. The number of phenolic OH excluding ortho intramolecular Hbond substituents is 3. The maximum Gasteiger partial charge on any atom is 0.227 e. The van der Waals surface area contributed by atoms with Crippen molar-refractivity contribution in [3.05, 3.63) is 75.3 Å². The number of benzene rings is 2. The molecule has 0 aliphatic carbocycles. The molecule has 0 saturated carbocycles. The number of carbonyl (C=O) groups excluding carboxylic acids is 1. The van der Waals surface area contributed by atoms with E-state index in [9.17, 15) is 30.0 Å². The smallest absolute Gasteiger partial charge is 0.227 e. The van der Waals surface area contributed by atoms with Gasteiger partial charge in [0.2, 0.25) is 17.1 Å². The molecule has 0 spiro atoms. The molecule has 0 aliphatic rings. The summed E-state index contributed by atoms with van der Waals surface area (Å²) in [6, 6.07) is 10.0. The van der Waals surface area contributed by atoms with Crippen LogP contribution < -0.4 is 15.5 Å². The Labute approximate surface area is 189 Å². The number of aromatic hydroxyl groups is 4. The van der Waals surface area contributed by atoms with Gasteiger partial charge < -0.3 is 34.9 Å². The van der Waals surface area contributed by atoms with E-state index < -0.39 is 17.1 Å². The molecular formula is C24H25NO8. The number of rotatable bonds is 8. The van der Waals surface area contributed by atoms with Crippen molar-refractivity contribution in [2.75, 3.05) is 13.7 Å². The number of carbonyl (C=O) groups is 1. The fraction of sp³-hybridized carbons (Fsp3) is 0.250. The van der Waals surface area contributed by atoms with Gasteiger partial charge in [-0.25, -0.2) is 0 Å². The van der Waals surface area contributed by atoms with Crippen molar-refractivity contribution in [2.24, 2.45) is 0 Å². The Morgan fingerprint density at radius 3 is 2.45 bits per heavy atom. The van der Waals surface area contributed by atoms with Crippen LogP contribution in [-0.2, 0) is 11.2 Å². The molecule has 3 rings (SSSR count). The summed E-state index contributed by atoms with van der Waals surface area (Å²) >= 11 is 0. The minimum absolute atomic E-state index is 0.0636. The molecule has 0 fully saturated rings. The number of amides is 1. The van der Waals surface area contributed by atoms with E-state index in [2.05, 4.69) is 5.32 Å². The van der Waals surface area contributed by atoms with Crippen LogP contribution in [-0.4, -0.2) is 40.0 Å². The molecule has 9 heteroatoms. The van der Waals surface area contributed by atoms with Gasteiger partial charge >= 0.3 is 0 Å². The van der Waals surface area contributed by atoms with Crippen molar-refractivity contribution in [1.29, 1.82) is 0 Å². The van der Waals surface area contributed by atoms with Crippen LogP contribution in [0.15, 0.2) is 51.7 Å². The number of phenols is 3. The lowest BCUT2D eigenvalue weighted by molar-refractivity contribution is -0.121. The van der Waals surface area contributed by atoms with Crippen molar-refractivity contribution in [2.45, 2.75) is 25.7 Å². The first kappa shape index (κ1) is 23.5. The second kappa shape index (κ2) is 9.99. The minimum atomic E-state index is -0.829. The lowest BCUT2D eigenvalue weighted by Crippen LogP contribution is -2.27. The number of ether oxygens (including phenoxy) is 1. The third-order valence-electron chi connectivity index (χ3n) is 5.16. The van der Waals surface area contributed by atoms with Gasteiger partial charge in [-0.05, 0) is 48.7 Å². The molecule has 3 aromatic rings. The Hall–Kier alpha value is -4.14. The Morgan fingerprint density at radius 2 is 1.76 bits per heavy atom. The molecule has 0 aliphatic heterocycles. The number of methoxy groups -OCH3 is 1. The van der Waals surface area contributed by atoms with Gasteiger partial charge in [-0.15, -0.1) is 0 Å². The average Bonchev–Trinajstić information content (AvgIpc) is 2.77. The maximum absolute atomic E-state index is 12.7. The number of nitrogens with one attached hydrogen (secondary N) is 1. The summed E-state index contributed by atoms with van der Waals surface area (Å²) in [4.78, 5) is 24.9. The molecule has 5 N–H and O–H groups in total. The van der Waals surface area contributed by atoms with E-state index in [-0.39, 0.29) is 53.4 Å². The van der Waals surface area contributed by atoms with Crippen molar-refractivity contribution < 1.29 is 34.4 Å². The highest BCUT2D eigenvalue weighted by Crippen LogP contribution is 2.37. The van der Waals surface area contributed by atoms with E-state index in [0.717, 1.165) is 6.07 Å². The van der Waals surface area contributed by atoms with E-state index in [1.807, 2.05) is 0 Å². The van der Waals surface area contributed by atoms with Crippen LogP contribution in [0.25, 0.3) is 0 Å². The second-order valence-corrected chi connectivity index (χ2v) is 7.55. The normalized spacial score (nSPS) is 11.7. The summed E-state index contributed by atoms with van der Waals surface area (Å²) in [7, 11) is 1.38. The molecule has 0 saturated heterocycles. The summed E-state index contributed by atoms with van der Waals surface area (Å²) in [5.74, 6) is -1.99. The van der Waals surface area contributed by atoms with Gasteiger partial charge in [0.1, 0.15) is 5.76 Å². The van der Waals surface area contributed by atoms with Crippen LogP contribution in [0.2, 0.25) is 0 Å². The molecule has 0 radical (unpaired) electrons. The third kappa shape index (κ3) is 5.57. The molecule has 9 nitrogen and oxygen atoms in total. The summed E-state index contributed by atoms with van der Waals surface area (Å²) in [6.45, 7) is 1.81. The maximum atomic E-state index is 12.7. The fourth-order valence-corrected chi connectivity index (χ4v) is 3.46. The zero-order chi connectivity index (χ0) is 24.1. The van der Waals surface area contributed by atoms with Crippen LogP contribution in [0.1, 0.15) is 35.0 Å². The number of hydrogen-bond donors (Lipinski definition) is 5. The Bertz CT molecular complexity index is 1220. The summed E-state index contributed by atoms with van der Waals surface area (Å²) in [5, 5.41) is 42.0. The van der Waals surface area contributed by atoms with Gasteiger partial charge in [0.05, 0.1) is 13.0 Å². The van der Waals surface area contributed by atoms with Crippen molar-refractivity contribution in [3.8, 4) is 28.7 Å². The van der Waals surface area contributed by atoms with Crippen LogP contribution >= 0.6 is 0 Å². The molecule has 0 unspecified atom stereocenters. The van der Waals surface area contributed by atoms with Crippen molar-refractivity contribution >= 4 is 5.91 Å². The largest absolute Gasteiger partial charge is 0.504 e. The van der Waals surface area contributed by atoms with E-state index in [4.69, 9.17) is 9.15 Å². The molecule has 1 heterocycles. The lowest BCUT2D eigenvalue weighted by Gasteiger charge is -2.19. The highest BCUT2D eigenvalue weighted by molar-refractivity contribution is 5.77. The van der Waals surface area contributed by atoms with Gasteiger partial charge in [-0.2, -0.15) is 0 Å². The van der Waals surface area contributed by atoms with Gasteiger partial charge in [0.15, 0.2) is 28.8 Å². The number of aryl methyl sites for hydroxylation is 1. The molecular weight excluding hydrogens is 430 g/mol. The monoisotopic (exact) mass is 455 g/mol. The van der Waals surface area contributed by atoms with Crippen LogP contribution in [0.5, 0.6) is 28.7 Å². The quantitative estimate of drug-likeness (QED) is 0.326. The minimum Gasteiger partial charge on any atom is -0.504 e.